The van der Waals surface area contributed by atoms with Crippen molar-refractivity contribution in [2.45, 2.75) is 26.7 Å². The first-order valence-electron chi connectivity index (χ1n) is 10.3. The summed E-state index contributed by atoms with van der Waals surface area (Å²) < 4.78 is 10.4. The SMILES string of the molecule is CCCCOc1ccc(C(=O)N/C(=C/c2ccccc2)C(=O)NCC(=O)OCC)cc1. The van der Waals surface area contributed by atoms with E-state index >= 15 is 0 Å². The van der Waals surface area contributed by atoms with Crippen molar-refractivity contribution in [1.29, 1.82) is 0 Å². The molecule has 2 N–H and O–H groups in total. The lowest BCUT2D eigenvalue weighted by Gasteiger charge is -2.11. The van der Waals surface area contributed by atoms with Gasteiger partial charge in [0.1, 0.15) is 18.0 Å². The van der Waals surface area contributed by atoms with Crippen molar-refractivity contribution in [2.75, 3.05) is 19.8 Å². The van der Waals surface area contributed by atoms with Crippen LogP contribution in [0.2, 0.25) is 0 Å². The third-order valence-corrected chi connectivity index (χ3v) is 4.19. The van der Waals surface area contributed by atoms with Crippen molar-refractivity contribution in [3.05, 3.63) is 71.4 Å². The van der Waals surface area contributed by atoms with E-state index in [1.807, 2.05) is 18.2 Å². The molecule has 0 aromatic heterocycles. The number of unbranched alkanes of at least 4 members (excludes halogenated alkanes) is 1. The van der Waals surface area contributed by atoms with Crippen molar-refractivity contribution < 1.29 is 23.9 Å². The number of carbonyl (C=O) groups excluding carboxylic acids is 3. The molecule has 0 aliphatic carbocycles. The number of hydrogen-bond acceptors (Lipinski definition) is 5. The van der Waals surface area contributed by atoms with Gasteiger partial charge in [0.2, 0.25) is 0 Å². The Balaban J connectivity index is 2.11. The molecule has 0 atom stereocenters. The maximum Gasteiger partial charge on any atom is 0.325 e. The Labute approximate surface area is 182 Å². The van der Waals surface area contributed by atoms with E-state index in [1.165, 1.54) is 0 Å². The maximum atomic E-state index is 12.7. The van der Waals surface area contributed by atoms with Gasteiger partial charge in [-0.05, 0) is 49.2 Å². The Morgan fingerprint density at radius 1 is 0.968 bits per heavy atom. The molecule has 0 fully saturated rings. The largest absolute Gasteiger partial charge is 0.494 e. The number of ether oxygens (including phenoxy) is 2. The summed E-state index contributed by atoms with van der Waals surface area (Å²) in [6, 6.07) is 15.8. The second kappa shape index (κ2) is 12.8. The molecule has 0 radical (unpaired) electrons. The standard InChI is InChI=1S/C24H28N2O5/c1-3-5-15-31-20-13-11-19(12-14-20)23(28)26-21(16-18-9-7-6-8-10-18)24(29)25-17-22(27)30-4-2/h6-14,16H,3-5,15,17H2,1-2H3,(H,25,29)(H,26,28)/b21-16+. The molecular formula is C24H28N2O5. The van der Waals surface area contributed by atoms with E-state index < -0.39 is 17.8 Å². The molecule has 2 rings (SSSR count). The van der Waals surface area contributed by atoms with Crippen LogP contribution in [0.15, 0.2) is 60.3 Å². The van der Waals surface area contributed by atoms with Crippen LogP contribution in [0.25, 0.3) is 6.08 Å². The predicted octanol–water partition coefficient (Wildman–Crippen LogP) is 3.32. The van der Waals surface area contributed by atoms with E-state index in [0.29, 0.717) is 17.9 Å². The molecule has 2 aromatic carbocycles. The minimum absolute atomic E-state index is 0.0174. The molecule has 7 nitrogen and oxygen atoms in total. The number of rotatable bonds is 11. The summed E-state index contributed by atoms with van der Waals surface area (Å²) in [4.78, 5) is 36.8. The normalized spacial score (nSPS) is 10.8. The Kier molecular flexibility index (Phi) is 9.81. The molecule has 31 heavy (non-hydrogen) atoms. The van der Waals surface area contributed by atoms with Crippen LogP contribution < -0.4 is 15.4 Å². The van der Waals surface area contributed by atoms with Crippen LogP contribution in [0.1, 0.15) is 42.6 Å². The zero-order valence-corrected chi connectivity index (χ0v) is 17.9. The minimum Gasteiger partial charge on any atom is -0.494 e. The second-order valence-electron chi connectivity index (χ2n) is 6.64. The highest BCUT2D eigenvalue weighted by atomic mass is 16.5. The third kappa shape index (κ3) is 8.34. The van der Waals surface area contributed by atoms with Crippen molar-refractivity contribution in [3.8, 4) is 5.75 Å². The van der Waals surface area contributed by atoms with Crippen LogP contribution in [0.3, 0.4) is 0 Å². The van der Waals surface area contributed by atoms with E-state index in [9.17, 15) is 14.4 Å². The van der Waals surface area contributed by atoms with E-state index in [4.69, 9.17) is 9.47 Å². The highest BCUT2D eigenvalue weighted by molar-refractivity contribution is 6.05. The molecule has 0 unspecified atom stereocenters. The van der Waals surface area contributed by atoms with Gasteiger partial charge in [0.25, 0.3) is 11.8 Å². The number of hydrogen-bond donors (Lipinski definition) is 2. The Morgan fingerprint density at radius 2 is 1.68 bits per heavy atom. The zero-order valence-electron chi connectivity index (χ0n) is 17.9. The lowest BCUT2D eigenvalue weighted by Crippen LogP contribution is -2.37. The lowest BCUT2D eigenvalue weighted by molar-refractivity contribution is -0.143. The fourth-order valence-electron chi connectivity index (χ4n) is 2.57. The molecular weight excluding hydrogens is 396 g/mol. The summed E-state index contributed by atoms with van der Waals surface area (Å²) in [5.74, 6) is -0.921. The maximum absolute atomic E-state index is 12.7. The number of esters is 1. The van der Waals surface area contributed by atoms with Gasteiger partial charge in [-0.15, -0.1) is 0 Å². The van der Waals surface area contributed by atoms with Crippen LogP contribution in [0, 0.1) is 0 Å². The summed E-state index contributed by atoms with van der Waals surface area (Å²) in [7, 11) is 0. The fraction of sp³-hybridized carbons (Fsp3) is 0.292. The molecule has 0 aliphatic heterocycles. The highest BCUT2D eigenvalue weighted by Crippen LogP contribution is 2.13. The summed E-state index contributed by atoms with van der Waals surface area (Å²) in [5.41, 5.74) is 1.12. The van der Waals surface area contributed by atoms with Crippen LogP contribution in [-0.4, -0.2) is 37.5 Å². The first kappa shape index (κ1) is 23.7. The molecule has 0 aliphatic rings. The van der Waals surface area contributed by atoms with Gasteiger partial charge in [-0.25, -0.2) is 0 Å². The molecule has 2 amide bonds. The monoisotopic (exact) mass is 424 g/mol. The molecule has 2 aromatic rings. The first-order chi connectivity index (χ1) is 15.0. The van der Waals surface area contributed by atoms with Crippen molar-refractivity contribution in [3.63, 3.8) is 0 Å². The van der Waals surface area contributed by atoms with Gasteiger partial charge < -0.3 is 20.1 Å². The van der Waals surface area contributed by atoms with E-state index in [-0.39, 0.29) is 18.8 Å². The van der Waals surface area contributed by atoms with Crippen molar-refractivity contribution in [2.24, 2.45) is 0 Å². The molecule has 0 saturated heterocycles. The van der Waals surface area contributed by atoms with Crippen LogP contribution in [0.4, 0.5) is 0 Å². The third-order valence-electron chi connectivity index (χ3n) is 4.19. The number of carbonyl (C=O) groups is 3. The van der Waals surface area contributed by atoms with Gasteiger partial charge in [0.15, 0.2) is 0 Å². The van der Waals surface area contributed by atoms with Gasteiger partial charge >= 0.3 is 5.97 Å². The zero-order chi connectivity index (χ0) is 22.5. The summed E-state index contributed by atoms with van der Waals surface area (Å²) >= 11 is 0. The van der Waals surface area contributed by atoms with E-state index in [1.54, 1.807) is 49.4 Å². The quantitative estimate of drug-likeness (QED) is 0.328. The van der Waals surface area contributed by atoms with E-state index in [2.05, 4.69) is 17.6 Å². The van der Waals surface area contributed by atoms with Crippen LogP contribution in [-0.2, 0) is 14.3 Å². The topological polar surface area (TPSA) is 93.7 Å². The van der Waals surface area contributed by atoms with Crippen molar-refractivity contribution in [1.82, 2.24) is 10.6 Å². The first-order valence-corrected chi connectivity index (χ1v) is 10.3. The number of amides is 2. The second-order valence-corrected chi connectivity index (χ2v) is 6.64. The molecule has 0 heterocycles. The summed E-state index contributed by atoms with van der Waals surface area (Å²) in [6.07, 6.45) is 3.53. The average Bonchev–Trinajstić information content (AvgIpc) is 2.78. The van der Waals surface area contributed by atoms with Gasteiger partial charge in [0, 0.05) is 5.56 Å². The Morgan fingerprint density at radius 3 is 2.32 bits per heavy atom. The Bertz CT molecular complexity index is 892. The Hall–Kier alpha value is -3.61. The number of nitrogens with one attached hydrogen (secondary N) is 2. The average molecular weight is 424 g/mol. The summed E-state index contributed by atoms with van der Waals surface area (Å²) in [6.45, 7) is 4.31. The van der Waals surface area contributed by atoms with Gasteiger partial charge in [-0.3, -0.25) is 14.4 Å². The number of benzene rings is 2. The van der Waals surface area contributed by atoms with Crippen molar-refractivity contribution >= 4 is 23.9 Å². The lowest BCUT2D eigenvalue weighted by atomic mass is 10.1. The summed E-state index contributed by atoms with van der Waals surface area (Å²) in [5, 5.41) is 5.09. The molecule has 7 heteroatoms. The molecule has 164 valence electrons. The van der Waals surface area contributed by atoms with Gasteiger partial charge in [0.05, 0.1) is 13.2 Å². The predicted molar refractivity (Wildman–Crippen MR) is 118 cm³/mol. The smallest absolute Gasteiger partial charge is 0.325 e. The van der Waals surface area contributed by atoms with Gasteiger partial charge in [-0.1, -0.05) is 43.7 Å². The highest BCUT2D eigenvalue weighted by Gasteiger charge is 2.16. The minimum atomic E-state index is -0.593. The molecule has 0 spiro atoms. The molecule has 0 bridgehead atoms. The fourth-order valence-corrected chi connectivity index (χ4v) is 2.57. The van der Waals surface area contributed by atoms with Gasteiger partial charge in [-0.2, -0.15) is 0 Å². The van der Waals surface area contributed by atoms with E-state index in [0.717, 1.165) is 18.4 Å². The molecule has 0 saturated carbocycles. The van der Waals surface area contributed by atoms with Crippen LogP contribution >= 0.6 is 0 Å². The van der Waals surface area contributed by atoms with Crippen LogP contribution in [0.5, 0.6) is 5.75 Å².